The van der Waals surface area contributed by atoms with Crippen LogP contribution in [0.2, 0.25) is 5.02 Å². The minimum Gasteiger partial charge on any atom is -0.353 e. The van der Waals surface area contributed by atoms with Gasteiger partial charge in [0.05, 0.1) is 18.0 Å². The number of hydrogen-bond acceptors (Lipinski definition) is 2. The molecule has 0 bridgehead atoms. The normalized spacial score (nSPS) is 16.6. The standard InChI is InChI=1S/C20H16ClN3O/c21-16-3-1-4-17-15(16)10-18(23-17)20-14-9-13(7-6-12(14)11-22-20)24-8-2-5-19(24)25/h1,3-4,6-7,9-10,23H,2,5,8,11H2. The summed E-state index contributed by atoms with van der Waals surface area (Å²) in [6.45, 7) is 1.47. The largest absolute Gasteiger partial charge is 0.353 e. The van der Waals surface area contributed by atoms with E-state index in [2.05, 4.69) is 23.2 Å². The lowest BCUT2D eigenvalue weighted by Gasteiger charge is -2.17. The maximum atomic E-state index is 12.1. The van der Waals surface area contributed by atoms with Crippen LogP contribution in [0.25, 0.3) is 10.9 Å². The fourth-order valence-electron chi connectivity index (χ4n) is 3.74. The highest BCUT2D eigenvalue weighted by Crippen LogP contribution is 2.31. The molecule has 25 heavy (non-hydrogen) atoms. The molecule has 2 aromatic carbocycles. The van der Waals surface area contributed by atoms with E-state index in [9.17, 15) is 4.79 Å². The Hall–Kier alpha value is -2.59. The van der Waals surface area contributed by atoms with Crippen molar-refractivity contribution in [2.45, 2.75) is 19.4 Å². The van der Waals surface area contributed by atoms with E-state index < -0.39 is 0 Å². The Bertz CT molecular complexity index is 1050. The summed E-state index contributed by atoms with van der Waals surface area (Å²) >= 11 is 6.30. The Morgan fingerprint density at radius 2 is 2.08 bits per heavy atom. The van der Waals surface area contributed by atoms with Gasteiger partial charge in [-0.05, 0) is 42.3 Å². The molecule has 3 aromatic rings. The Balaban J connectivity index is 1.59. The molecule has 5 rings (SSSR count). The summed E-state index contributed by atoms with van der Waals surface area (Å²) in [6.07, 6.45) is 1.57. The zero-order chi connectivity index (χ0) is 17.0. The lowest BCUT2D eigenvalue weighted by Crippen LogP contribution is -2.23. The number of H-pyrrole nitrogens is 1. The Kier molecular flexibility index (Phi) is 3.22. The van der Waals surface area contributed by atoms with Crippen LogP contribution < -0.4 is 4.90 Å². The van der Waals surface area contributed by atoms with Crippen molar-refractivity contribution in [3.05, 3.63) is 64.3 Å². The van der Waals surface area contributed by atoms with E-state index in [4.69, 9.17) is 16.6 Å². The van der Waals surface area contributed by atoms with E-state index in [1.165, 1.54) is 5.56 Å². The van der Waals surface area contributed by atoms with Gasteiger partial charge in [-0.1, -0.05) is 23.7 Å². The second kappa shape index (κ2) is 5.46. The second-order valence-electron chi connectivity index (χ2n) is 6.54. The molecule has 0 unspecified atom stereocenters. The summed E-state index contributed by atoms with van der Waals surface area (Å²) in [6, 6.07) is 14.1. The van der Waals surface area contributed by atoms with Crippen LogP contribution in [0.4, 0.5) is 5.69 Å². The van der Waals surface area contributed by atoms with Gasteiger partial charge < -0.3 is 9.88 Å². The predicted molar refractivity (Wildman–Crippen MR) is 101 cm³/mol. The van der Waals surface area contributed by atoms with Gasteiger partial charge in [0.25, 0.3) is 0 Å². The summed E-state index contributed by atoms with van der Waals surface area (Å²) < 4.78 is 0. The summed E-state index contributed by atoms with van der Waals surface area (Å²) in [5, 5.41) is 1.73. The number of carbonyl (C=O) groups is 1. The van der Waals surface area contributed by atoms with Gasteiger partial charge in [-0.25, -0.2) is 0 Å². The first-order valence-electron chi connectivity index (χ1n) is 8.46. The molecule has 3 heterocycles. The van der Waals surface area contributed by atoms with Crippen LogP contribution in [0.15, 0.2) is 47.5 Å². The van der Waals surface area contributed by atoms with Crippen molar-refractivity contribution in [2.24, 2.45) is 4.99 Å². The van der Waals surface area contributed by atoms with Gasteiger partial charge in [0.1, 0.15) is 0 Å². The quantitative estimate of drug-likeness (QED) is 0.736. The molecular formula is C20H16ClN3O. The third-order valence-electron chi connectivity index (χ3n) is 5.01. The number of nitrogens with one attached hydrogen (secondary N) is 1. The third-order valence-corrected chi connectivity index (χ3v) is 5.34. The van der Waals surface area contributed by atoms with E-state index in [0.29, 0.717) is 13.0 Å². The average molecular weight is 350 g/mol. The van der Waals surface area contributed by atoms with Crippen molar-refractivity contribution in [3.8, 4) is 0 Å². The first-order chi connectivity index (χ1) is 12.2. The van der Waals surface area contributed by atoms with Gasteiger partial charge in [0.2, 0.25) is 5.91 Å². The van der Waals surface area contributed by atoms with Gasteiger partial charge in [-0.15, -0.1) is 0 Å². The lowest BCUT2D eigenvalue weighted by molar-refractivity contribution is -0.117. The summed E-state index contributed by atoms with van der Waals surface area (Å²) in [7, 11) is 0. The number of anilines is 1. The number of halogens is 1. The number of nitrogens with zero attached hydrogens (tertiary/aromatic N) is 2. The molecule has 0 atom stereocenters. The molecule has 1 saturated heterocycles. The number of aliphatic imine (C=N–C) groups is 1. The highest BCUT2D eigenvalue weighted by Gasteiger charge is 2.25. The van der Waals surface area contributed by atoms with E-state index in [1.54, 1.807) is 0 Å². The van der Waals surface area contributed by atoms with Gasteiger partial charge in [0, 0.05) is 40.1 Å². The van der Waals surface area contributed by atoms with E-state index in [-0.39, 0.29) is 5.91 Å². The molecule has 0 radical (unpaired) electrons. The van der Waals surface area contributed by atoms with Crippen molar-refractivity contribution in [2.75, 3.05) is 11.4 Å². The number of fused-ring (bicyclic) bond motifs is 2. The Labute approximate surface area is 150 Å². The summed E-state index contributed by atoms with van der Waals surface area (Å²) in [4.78, 5) is 22.1. The number of benzene rings is 2. The molecule has 124 valence electrons. The Morgan fingerprint density at radius 1 is 1.16 bits per heavy atom. The zero-order valence-electron chi connectivity index (χ0n) is 13.6. The maximum absolute atomic E-state index is 12.1. The molecule has 0 aliphatic carbocycles. The van der Waals surface area contributed by atoms with Crippen molar-refractivity contribution < 1.29 is 4.79 Å². The number of rotatable bonds is 2. The minimum atomic E-state index is 0.203. The van der Waals surface area contributed by atoms with Crippen LogP contribution >= 0.6 is 11.6 Å². The molecule has 2 aliphatic rings. The first-order valence-corrected chi connectivity index (χ1v) is 8.84. The van der Waals surface area contributed by atoms with Crippen molar-refractivity contribution in [3.63, 3.8) is 0 Å². The SMILES string of the molecule is O=C1CCCN1c1ccc2c(c1)C(c1cc3c(Cl)cccc3[nH]1)=NC2. The smallest absolute Gasteiger partial charge is 0.227 e. The summed E-state index contributed by atoms with van der Waals surface area (Å²) in [5.41, 5.74) is 6.16. The second-order valence-corrected chi connectivity index (χ2v) is 6.95. The fraction of sp³-hybridized carbons (Fsp3) is 0.200. The lowest BCUT2D eigenvalue weighted by atomic mass is 10.0. The van der Waals surface area contributed by atoms with Crippen molar-refractivity contribution in [1.82, 2.24) is 4.98 Å². The molecule has 1 aromatic heterocycles. The molecule has 1 fully saturated rings. The first kappa shape index (κ1) is 14.7. The molecule has 5 heteroatoms. The van der Waals surface area contributed by atoms with Crippen LogP contribution in [0.3, 0.4) is 0 Å². The highest BCUT2D eigenvalue weighted by molar-refractivity contribution is 6.35. The number of aromatic amines is 1. The van der Waals surface area contributed by atoms with Gasteiger partial charge in [-0.2, -0.15) is 0 Å². The summed E-state index contributed by atoms with van der Waals surface area (Å²) in [5.74, 6) is 0.203. The third kappa shape index (κ3) is 2.29. The molecule has 4 nitrogen and oxygen atoms in total. The van der Waals surface area contributed by atoms with Gasteiger partial charge in [0.15, 0.2) is 0 Å². The van der Waals surface area contributed by atoms with Crippen LogP contribution in [0.1, 0.15) is 29.7 Å². The van der Waals surface area contributed by atoms with Crippen LogP contribution in [0.5, 0.6) is 0 Å². The highest BCUT2D eigenvalue weighted by atomic mass is 35.5. The maximum Gasteiger partial charge on any atom is 0.227 e. The molecule has 0 saturated carbocycles. The molecule has 1 amide bonds. The van der Waals surface area contributed by atoms with Gasteiger partial charge in [-0.3, -0.25) is 9.79 Å². The predicted octanol–water partition coefficient (Wildman–Crippen LogP) is 4.30. The average Bonchev–Trinajstić information content (AvgIpc) is 3.31. The minimum absolute atomic E-state index is 0.203. The number of amides is 1. The molecular weight excluding hydrogens is 334 g/mol. The number of aromatic nitrogens is 1. The fourth-order valence-corrected chi connectivity index (χ4v) is 3.97. The van der Waals surface area contributed by atoms with Crippen LogP contribution in [-0.2, 0) is 11.3 Å². The van der Waals surface area contributed by atoms with Crippen molar-refractivity contribution >= 4 is 39.8 Å². The van der Waals surface area contributed by atoms with Crippen LogP contribution in [0, 0.1) is 0 Å². The zero-order valence-corrected chi connectivity index (χ0v) is 14.3. The Morgan fingerprint density at radius 3 is 2.88 bits per heavy atom. The van der Waals surface area contributed by atoms with Crippen molar-refractivity contribution in [1.29, 1.82) is 0 Å². The monoisotopic (exact) mass is 349 g/mol. The number of carbonyl (C=O) groups excluding carboxylic acids is 1. The number of hydrogen-bond donors (Lipinski definition) is 1. The molecule has 2 aliphatic heterocycles. The van der Waals surface area contributed by atoms with Gasteiger partial charge >= 0.3 is 0 Å². The van der Waals surface area contributed by atoms with E-state index in [0.717, 1.165) is 51.5 Å². The molecule has 0 spiro atoms. The molecule has 1 N–H and O–H groups in total. The van der Waals surface area contributed by atoms with Crippen LogP contribution in [-0.4, -0.2) is 23.1 Å². The van der Waals surface area contributed by atoms with E-state index in [1.807, 2.05) is 29.2 Å². The topological polar surface area (TPSA) is 48.5 Å². The van der Waals surface area contributed by atoms with E-state index >= 15 is 0 Å².